The van der Waals surface area contributed by atoms with Crippen LogP contribution < -0.4 is 4.72 Å². The van der Waals surface area contributed by atoms with Gasteiger partial charge in [0.25, 0.3) is 0 Å². The van der Waals surface area contributed by atoms with Crippen LogP contribution in [0.2, 0.25) is 0 Å². The van der Waals surface area contributed by atoms with Gasteiger partial charge in [0.1, 0.15) is 0 Å². The predicted octanol–water partition coefficient (Wildman–Crippen LogP) is 1.49. The van der Waals surface area contributed by atoms with Gasteiger partial charge in [0.2, 0.25) is 6.41 Å². The maximum Gasteiger partial charge on any atom is 0.460 e. The van der Waals surface area contributed by atoms with Crippen LogP contribution in [0.5, 0.6) is 0 Å². The maximum absolute atomic E-state index is 12.7. The molecule has 19 heavy (non-hydrogen) atoms. The minimum Gasteiger partial charge on any atom is -0.278 e. The molecule has 14 heteroatoms. The molecule has 0 unspecified atom stereocenters. The summed E-state index contributed by atoms with van der Waals surface area (Å²) in [5.74, 6) is -14.7. The Morgan fingerprint density at radius 3 is 1.42 bits per heavy atom. The zero-order valence-electron chi connectivity index (χ0n) is 8.11. The first-order valence-corrected chi connectivity index (χ1v) is 5.20. The van der Waals surface area contributed by atoms with E-state index in [2.05, 4.69) is 0 Å². The second-order valence-corrected chi connectivity index (χ2v) is 4.66. The average molecular weight is 327 g/mol. The Balaban J connectivity index is 5.99. The molecule has 0 spiro atoms. The van der Waals surface area contributed by atoms with Gasteiger partial charge in [-0.25, -0.2) is 0 Å². The number of carbonyl (C=O) groups is 1. The van der Waals surface area contributed by atoms with Gasteiger partial charge in [0, 0.05) is 0 Å². The molecular formula is C5H2F9NO3S. The average Bonchev–Trinajstić information content (AvgIpc) is 2.14. The summed E-state index contributed by atoms with van der Waals surface area (Å²) in [6.07, 6.45) is -8.25. The lowest BCUT2D eigenvalue weighted by molar-refractivity contribution is -0.382. The zero-order valence-corrected chi connectivity index (χ0v) is 8.93. The maximum atomic E-state index is 12.7. The van der Waals surface area contributed by atoms with Gasteiger partial charge in [-0.3, -0.25) is 9.52 Å². The van der Waals surface area contributed by atoms with Crippen molar-refractivity contribution in [3.63, 3.8) is 0 Å². The Kier molecular flexibility index (Phi) is 4.13. The lowest BCUT2D eigenvalue weighted by atomic mass is 10.1. The third kappa shape index (κ3) is 2.44. The van der Waals surface area contributed by atoms with E-state index in [0.717, 1.165) is 0 Å². The molecular weight excluding hydrogens is 325 g/mol. The van der Waals surface area contributed by atoms with Crippen LogP contribution in [0.1, 0.15) is 0 Å². The van der Waals surface area contributed by atoms with Gasteiger partial charge >= 0.3 is 33.3 Å². The van der Waals surface area contributed by atoms with E-state index >= 15 is 0 Å². The quantitative estimate of drug-likeness (QED) is 0.615. The van der Waals surface area contributed by atoms with E-state index in [-0.39, 0.29) is 4.72 Å². The highest BCUT2D eigenvalue weighted by atomic mass is 32.2. The van der Waals surface area contributed by atoms with Crippen molar-refractivity contribution in [2.45, 2.75) is 23.3 Å². The van der Waals surface area contributed by atoms with Crippen LogP contribution in [-0.2, 0) is 14.8 Å². The van der Waals surface area contributed by atoms with Crippen molar-refractivity contribution in [1.82, 2.24) is 4.72 Å². The highest BCUT2D eigenvalue weighted by Gasteiger charge is 2.85. The summed E-state index contributed by atoms with van der Waals surface area (Å²) in [6, 6.07) is 0. The molecule has 0 rings (SSSR count). The molecule has 1 amide bonds. The van der Waals surface area contributed by atoms with E-state index < -0.39 is 39.7 Å². The molecule has 0 saturated carbocycles. The van der Waals surface area contributed by atoms with Crippen LogP contribution in [0.4, 0.5) is 39.5 Å². The fourth-order valence-corrected chi connectivity index (χ4v) is 1.41. The normalized spacial score (nSPS) is 15.2. The van der Waals surface area contributed by atoms with Crippen LogP contribution >= 0.6 is 0 Å². The first-order chi connectivity index (χ1) is 8.06. The number of amides is 1. The van der Waals surface area contributed by atoms with Crippen molar-refractivity contribution in [2.75, 3.05) is 0 Å². The fourth-order valence-electron chi connectivity index (χ4n) is 0.667. The molecule has 0 bridgehead atoms. The van der Waals surface area contributed by atoms with E-state index in [1.54, 1.807) is 0 Å². The number of sulfonamides is 1. The van der Waals surface area contributed by atoms with Crippen molar-refractivity contribution >= 4 is 16.4 Å². The second kappa shape index (κ2) is 4.42. The minimum absolute atomic E-state index is 0.0528. The third-order valence-corrected chi connectivity index (χ3v) is 2.99. The molecule has 1 N–H and O–H groups in total. The molecule has 0 fully saturated rings. The number of alkyl halides is 9. The standard InChI is InChI=1S/C5H2F9NO3S/c6-2(7,4(10,11)12)3(8,9)5(13,14)19(17,18)15-1-16/h1H,(H,15,16). The molecule has 0 aromatic carbocycles. The van der Waals surface area contributed by atoms with Crippen LogP contribution in [0.3, 0.4) is 0 Å². The first kappa shape index (κ1) is 17.8. The summed E-state index contributed by atoms with van der Waals surface area (Å²) in [7, 11) is -6.79. The number of hydrogen-bond donors (Lipinski definition) is 1. The Morgan fingerprint density at radius 2 is 1.16 bits per heavy atom. The molecule has 4 nitrogen and oxygen atoms in total. The highest BCUT2D eigenvalue weighted by Crippen LogP contribution is 2.54. The summed E-state index contributed by atoms with van der Waals surface area (Å²) in [5.41, 5.74) is 0. The van der Waals surface area contributed by atoms with Crippen molar-refractivity contribution < 1.29 is 52.7 Å². The van der Waals surface area contributed by atoms with Gasteiger partial charge in [0.15, 0.2) is 0 Å². The molecule has 114 valence electrons. The molecule has 0 aliphatic heterocycles. The van der Waals surface area contributed by atoms with Gasteiger partial charge in [-0.2, -0.15) is 47.9 Å². The molecule has 0 saturated heterocycles. The first-order valence-electron chi connectivity index (χ1n) is 3.72. The lowest BCUT2D eigenvalue weighted by Crippen LogP contribution is -2.64. The van der Waals surface area contributed by atoms with E-state index in [9.17, 15) is 52.7 Å². The molecule has 0 atom stereocenters. The van der Waals surface area contributed by atoms with Crippen molar-refractivity contribution in [3.05, 3.63) is 0 Å². The second-order valence-electron chi connectivity index (χ2n) is 2.90. The lowest BCUT2D eigenvalue weighted by Gasteiger charge is -2.32. The van der Waals surface area contributed by atoms with Crippen LogP contribution in [0.15, 0.2) is 0 Å². The van der Waals surface area contributed by atoms with Gasteiger partial charge in [0.05, 0.1) is 0 Å². The summed E-state index contributed by atoms with van der Waals surface area (Å²) >= 11 is 0. The molecule has 0 aromatic heterocycles. The summed E-state index contributed by atoms with van der Waals surface area (Å²) in [5, 5.41) is -6.89. The Bertz CT molecular complexity index is 453. The summed E-state index contributed by atoms with van der Waals surface area (Å²) in [4.78, 5) is 9.56. The van der Waals surface area contributed by atoms with E-state index in [0.29, 0.717) is 0 Å². The number of halogens is 9. The number of hydrogen-bond acceptors (Lipinski definition) is 3. The monoisotopic (exact) mass is 327 g/mol. The third-order valence-electron chi connectivity index (χ3n) is 1.66. The van der Waals surface area contributed by atoms with E-state index in [4.69, 9.17) is 0 Å². The van der Waals surface area contributed by atoms with Gasteiger partial charge in [-0.05, 0) is 0 Å². The van der Waals surface area contributed by atoms with Crippen LogP contribution in [0.25, 0.3) is 0 Å². The predicted molar refractivity (Wildman–Crippen MR) is 39.0 cm³/mol. The van der Waals surface area contributed by atoms with Gasteiger partial charge < -0.3 is 0 Å². The SMILES string of the molecule is O=CNS(=O)(=O)C(F)(F)C(F)(F)C(F)(F)C(F)(F)F. The number of carbonyl (C=O) groups excluding carboxylic acids is 1. The Labute approximate surface area is 98.2 Å². The van der Waals surface area contributed by atoms with Crippen molar-refractivity contribution in [3.8, 4) is 0 Å². The zero-order chi connectivity index (χ0) is 15.9. The molecule has 0 aliphatic carbocycles. The highest BCUT2D eigenvalue weighted by molar-refractivity contribution is 7.91. The number of nitrogens with one attached hydrogen (secondary N) is 1. The van der Waals surface area contributed by atoms with E-state index in [1.807, 2.05) is 0 Å². The van der Waals surface area contributed by atoms with Gasteiger partial charge in [-0.15, -0.1) is 0 Å². The number of rotatable bonds is 5. The Morgan fingerprint density at radius 1 is 0.789 bits per heavy atom. The molecule has 0 radical (unpaired) electrons. The van der Waals surface area contributed by atoms with Gasteiger partial charge in [-0.1, -0.05) is 0 Å². The largest absolute Gasteiger partial charge is 0.460 e. The van der Waals surface area contributed by atoms with Crippen molar-refractivity contribution in [1.29, 1.82) is 0 Å². The topological polar surface area (TPSA) is 63.2 Å². The van der Waals surface area contributed by atoms with Crippen LogP contribution in [0, 0.1) is 0 Å². The Hall–Kier alpha value is -1.21. The fraction of sp³-hybridized carbons (Fsp3) is 0.800. The molecule has 0 heterocycles. The summed E-state index contributed by atoms with van der Waals surface area (Å²) < 4.78 is 130. The summed E-state index contributed by atoms with van der Waals surface area (Å²) in [6.45, 7) is 0. The van der Waals surface area contributed by atoms with Crippen molar-refractivity contribution in [2.24, 2.45) is 0 Å². The van der Waals surface area contributed by atoms with Crippen LogP contribution in [-0.4, -0.2) is 38.1 Å². The molecule has 0 aromatic rings. The van der Waals surface area contributed by atoms with E-state index in [1.165, 1.54) is 0 Å². The molecule has 0 aliphatic rings. The smallest absolute Gasteiger partial charge is 0.278 e. The minimum atomic E-state index is -7.35.